The largest absolute Gasteiger partial charge is 0.345 e. The van der Waals surface area contributed by atoms with Crippen LogP contribution in [0.5, 0.6) is 0 Å². The molecule has 0 saturated carbocycles. The molecule has 0 fully saturated rings. The third-order valence-corrected chi connectivity index (χ3v) is 0.497. The highest BCUT2D eigenvalue weighted by molar-refractivity contribution is 7.61. The molecule has 0 saturated heterocycles. The zero-order valence-corrected chi connectivity index (χ0v) is 3.82. The lowest BCUT2D eigenvalue weighted by Crippen LogP contribution is -1.78. The number of rotatable bonds is 1. The lowest BCUT2D eigenvalue weighted by atomic mass is 11.4. The van der Waals surface area contributed by atoms with Gasteiger partial charge in [-0.05, 0) is 0 Å². The van der Waals surface area contributed by atoms with Crippen LogP contribution in [0, 0.1) is 0 Å². The van der Waals surface area contributed by atoms with E-state index in [0.717, 1.165) is 0 Å². The second kappa shape index (κ2) is 2.62. The fourth-order valence-electron chi connectivity index (χ4n) is 0.0651. The van der Waals surface area contributed by atoms with Gasteiger partial charge in [0.15, 0.2) is 0 Å². The van der Waals surface area contributed by atoms with E-state index in [1.54, 1.807) is 0 Å². The molecule has 0 unspecified atom stereocenters. The Kier molecular flexibility index (Phi) is 2.42. The third-order valence-electron chi connectivity index (χ3n) is 0.166. The van der Waals surface area contributed by atoms with E-state index in [-0.39, 0.29) is 0 Å². The molecule has 3 nitrogen and oxygen atoms in total. The van der Waals surface area contributed by atoms with Crippen molar-refractivity contribution < 1.29 is 17.2 Å². The molecule has 0 atom stereocenters. The van der Waals surface area contributed by atoms with Crippen molar-refractivity contribution in [3.05, 3.63) is 0 Å². The van der Waals surface area contributed by atoms with Crippen molar-refractivity contribution in [2.75, 3.05) is 0 Å². The molecule has 0 amide bonds. The van der Waals surface area contributed by atoms with Gasteiger partial charge in [-0.15, -0.1) is 4.36 Å². The van der Waals surface area contributed by atoms with Crippen molar-refractivity contribution in [2.24, 2.45) is 4.36 Å². The second-order valence-corrected chi connectivity index (χ2v) is 1.25. The summed E-state index contributed by atoms with van der Waals surface area (Å²) in [6.45, 7) is -3.11. The summed E-state index contributed by atoms with van der Waals surface area (Å²) in [7, 11) is -2.97. The maximum Gasteiger partial charge on any atom is 0.345 e. The Labute approximate surface area is 39.7 Å². The van der Waals surface area contributed by atoms with Crippen molar-refractivity contribution in [3.63, 3.8) is 0 Å². The summed E-state index contributed by atoms with van der Waals surface area (Å²) >= 11 is 0. The summed E-state index contributed by atoms with van der Waals surface area (Å²) in [6.07, 6.45) is 0. The molecule has 6 heteroatoms. The van der Waals surface area contributed by atoms with Crippen molar-refractivity contribution in [1.82, 2.24) is 0 Å². The Bertz CT molecular complexity index is 151. The van der Waals surface area contributed by atoms with E-state index in [9.17, 15) is 8.78 Å². The minimum Gasteiger partial charge on any atom is -0.183 e. The molecule has 0 bridgehead atoms. The summed E-state index contributed by atoms with van der Waals surface area (Å²) < 4.78 is 41.6. The molecule has 0 radical (unpaired) electrons. The number of hydrogen-bond acceptors (Lipinski definition) is 3. The van der Waals surface area contributed by atoms with Gasteiger partial charge in [-0.1, -0.05) is 0 Å². The first-order valence-corrected chi connectivity index (χ1v) is 2.24. The average molecular weight is 129 g/mol. The maximum atomic E-state index is 10.7. The molecule has 0 spiro atoms. The average Bonchev–Trinajstić information content (AvgIpc) is 1.27. The van der Waals surface area contributed by atoms with Gasteiger partial charge in [0, 0.05) is 0 Å². The predicted molar refractivity (Wildman–Crippen MR) is 17.4 cm³/mol. The monoisotopic (exact) mass is 129 g/mol. The van der Waals surface area contributed by atoms with Gasteiger partial charge in [-0.25, -0.2) is 0 Å². The fraction of sp³-hybridized carbons (Fsp3) is 1.00. The van der Waals surface area contributed by atoms with Crippen molar-refractivity contribution >= 4 is 10.5 Å². The number of halogens is 2. The van der Waals surface area contributed by atoms with E-state index in [1.807, 2.05) is 4.36 Å². The number of nitrogens with zero attached hydrogens (tertiary/aromatic N) is 1. The van der Waals surface area contributed by atoms with Crippen molar-refractivity contribution in [3.8, 4) is 0 Å². The molecule has 0 heterocycles. The fourth-order valence-corrected chi connectivity index (χ4v) is 0.195. The molecule has 0 aromatic rings. The van der Waals surface area contributed by atoms with Crippen LogP contribution in [0.25, 0.3) is 0 Å². The van der Waals surface area contributed by atoms with Gasteiger partial charge in [0.25, 0.3) is 0 Å². The summed E-state index contributed by atoms with van der Waals surface area (Å²) in [5.41, 5.74) is 0. The SMILES string of the molecule is O=S(=O)=NC(F)F. The van der Waals surface area contributed by atoms with E-state index >= 15 is 0 Å². The maximum absolute atomic E-state index is 10.7. The van der Waals surface area contributed by atoms with E-state index in [4.69, 9.17) is 8.42 Å². The van der Waals surface area contributed by atoms with Crippen LogP contribution in [0.1, 0.15) is 0 Å². The van der Waals surface area contributed by atoms with Gasteiger partial charge in [0.1, 0.15) is 0 Å². The van der Waals surface area contributed by atoms with Gasteiger partial charge in [0.05, 0.1) is 0 Å². The molecule has 0 aliphatic rings. The molecule has 0 aromatic heterocycles. The summed E-state index contributed by atoms with van der Waals surface area (Å²) in [4.78, 5) is 0. The molecule has 0 aromatic carbocycles. The van der Waals surface area contributed by atoms with Gasteiger partial charge in [-0.3, -0.25) is 0 Å². The Balaban J connectivity index is 3.96. The van der Waals surface area contributed by atoms with E-state index < -0.39 is 17.0 Å². The Hall–Kier alpha value is -0.520. The summed E-state index contributed by atoms with van der Waals surface area (Å²) in [5.74, 6) is 0. The molecule has 7 heavy (non-hydrogen) atoms. The highest BCUT2D eigenvalue weighted by Crippen LogP contribution is 1.89. The number of hydrogen-bond donors (Lipinski definition) is 0. The third kappa shape index (κ3) is 5.48. The normalized spacial score (nSPS) is 9.00. The van der Waals surface area contributed by atoms with Gasteiger partial charge >= 0.3 is 17.0 Å². The van der Waals surface area contributed by atoms with Crippen LogP contribution in [-0.4, -0.2) is 15.0 Å². The van der Waals surface area contributed by atoms with Crippen LogP contribution >= 0.6 is 0 Å². The zero-order chi connectivity index (χ0) is 5.86. The lowest BCUT2D eigenvalue weighted by molar-refractivity contribution is 0.162. The molecule has 0 N–H and O–H groups in total. The quantitative estimate of drug-likeness (QED) is 0.477. The minimum absolute atomic E-state index is 1.86. The number of alkyl halides is 2. The summed E-state index contributed by atoms with van der Waals surface area (Å²) in [6, 6.07) is 0. The highest BCUT2D eigenvalue weighted by Gasteiger charge is 1.93. The minimum atomic E-state index is -3.11. The van der Waals surface area contributed by atoms with Crippen molar-refractivity contribution in [2.45, 2.75) is 6.55 Å². The Morgan fingerprint density at radius 1 is 1.43 bits per heavy atom. The first-order chi connectivity index (χ1) is 3.13. The van der Waals surface area contributed by atoms with Crippen molar-refractivity contribution in [1.29, 1.82) is 0 Å². The summed E-state index contributed by atoms with van der Waals surface area (Å²) in [5, 5.41) is 0. The van der Waals surface area contributed by atoms with E-state index in [1.165, 1.54) is 0 Å². The zero-order valence-electron chi connectivity index (χ0n) is 3.01. The first-order valence-electron chi connectivity index (χ1n) is 1.21. The van der Waals surface area contributed by atoms with E-state index in [2.05, 4.69) is 0 Å². The van der Waals surface area contributed by atoms with Crippen LogP contribution in [0.3, 0.4) is 0 Å². The molecule has 0 aliphatic carbocycles. The molecular weight excluding hydrogens is 128 g/mol. The van der Waals surface area contributed by atoms with Gasteiger partial charge < -0.3 is 0 Å². The van der Waals surface area contributed by atoms with Gasteiger partial charge in [-0.2, -0.15) is 17.2 Å². The van der Waals surface area contributed by atoms with E-state index in [0.29, 0.717) is 0 Å². The van der Waals surface area contributed by atoms with Crippen LogP contribution in [0.15, 0.2) is 4.36 Å². The lowest BCUT2D eigenvalue weighted by Gasteiger charge is -1.73. The topological polar surface area (TPSA) is 46.5 Å². The standard InChI is InChI=1S/CHF2NO2S/c2-1(3)4-7(5)6/h1H. The highest BCUT2D eigenvalue weighted by atomic mass is 32.2. The molecule has 0 aliphatic heterocycles. The van der Waals surface area contributed by atoms with Crippen LogP contribution < -0.4 is 0 Å². The van der Waals surface area contributed by atoms with Crippen LogP contribution in [-0.2, 0) is 10.5 Å². The molecular formula is CHF2NO2S. The van der Waals surface area contributed by atoms with Gasteiger partial charge in [0.2, 0.25) is 0 Å². The Morgan fingerprint density at radius 2 is 1.86 bits per heavy atom. The predicted octanol–water partition coefficient (Wildman–Crippen LogP) is 0.272. The second-order valence-electron chi connectivity index (χ2n) is 0.600. The smallest absolute Gasteiger partial charge is 0.183 e. The molecule has 0 rings (SSSR count). The first kappa shape index (κ1) is 6.48. The van der Waals surface area contributed by atoms with Crippen LogP contribution in [0.2, 0.25) is 0 Å². The molecule has 42 valence electrons. The van der Waals surface area contributed by atoms with Crippen LogP contribution in [0.4, 0.5) is 8.78 Å². The Morgan fingerprint density at radius 3 is 1.86 bits per heavy atom.